The molecule has 1 saturated carbocycles. The van der Waals surface area contributed by atoms with E-state index in [1.807, 2.05) is 6.07 Å². The van der Waals surface area contributed by atoms with Crippen LogP contribution in [0.5, 0.6) is 0 Å². The summed E-state index contributed by atoms with van der Waals surface area (Å²) >= 11 is 7.40. The van der Waals surface area contributed by atoms with Crippen molar-refractivity contribution in [1.29, 1.82) is 0 Å². The van der Waals surface area contributed by atoms with Crippen molar-refractivity contribution in [1.82, 2.24) is 4.72 Å². The Morgan fingerprint density at radius 3 is 2.95 bits per heavy atom. The van der Waals surface area contributed by atoms with Crippen LogP contribution in [0.3, 0.4) is 0 Å². The number of sulfonamides is 1. The number of nitrogens with two attached hydrogens (primary N) is 1. The molecule has 2 atom stereocenters. The Morgan fingerprint density at radius 2 is 2.19 bits per heavy atom. The number of hydrogen-bond donors (Lipinski definition) is 2. The molecular weight excluding hydrogens is 328 g/mol. The highest BCUT2D eigenvalue weighted by Gasteiger charge is 2.31. The Hall–Kier alpha value is -0.660. The molecule has 3 rings (SSSR count). The Kier molecular flexibility index (Phi) is 4.25. The fourth-order valence-electron chi connectivity index (χ4n) is 2.92. The second-order valence-electron chi connectivity index (χ2n) is 5.39. The summed E-state index contributed by atoms with van der Waals surface area (Å²) in [5, 5.41) is 2.90. The van der Waals surface area contributed by atoms with E-state index in [0.717, 1.165) is 24.0 Å². The number of hydrogen-bond acceptors (Lipinski definition) is 4. The van der Waals surface area contributed by atoms with Crippen molar-refractivity contribution in [3.8, 4) is 0 Å². The van der Waals surface area contributed by atoms with Crippen LogP contribution in [-0.2, 0) is 10.0 Å². The third kappa shape index (κ3) is 2.96. The van der Waals surface area contributed by atoms with Gasteiger partial charge in [-0.1, -0.05) is 18.0 Å². The number of halogens is 1. The Bertz CT molecular complexity index is 757. The molecule has 2 unspecified atom stereocenters. The van der Waals surface area contributed by atoms with Crippen molar-refractivity contribution < 1.29 is 8.42 Å². The number of nitrogens with one attached hydrogen (secondary N) is 1. The van der Waals surface area contributed by atoms with Crippen molar-refractivity contribution in [2.45, 2.75) is 30.2 Å². The molecule has 0 aliphatic heterocycles. The normalized spacial score (nSPS) is 23.0. The third-order valence-electron chi connectivity index (χ3n) is 4.06. The summed E-state index contributed by atoms with van der Waals surface area (Å²) < 4.78 is 29.0. The van der Waals surface area contributed by atoms with Gasteiger partial charge in [-0.25, -0.2) is 13.1 Å². The van der Waals surface area contributed by atoms with Gasteiger partial charge >= 0.3 is 0 Å². The van der Waals surface area contributed by atoms with Crippen molar-refractivity contribution in [3.63, 3.8) is 0 Å². The van der Waals surface area contributed by atoms with Crippen LogP contribution in [-0.4, -0.2) is 21.0 Å². The van der Waals surface area contributed by atoms with Crippen LogP contribution in [0.15, 0.2) is 28.5 Å². The van der Waals surface area contributed by atoms with Crippen LogP contribution in [0.25, 0.3) is 10.1 Å². The first-order chi connectivity index (χ1) is 10.0. The lowest BCUT2D eigenvalue weighted by Crippen LogP contribution is -2.39. The van der Waals surface area contributed by atoms with E-state index in [2.05, 4.69) is 4.72 Å². The molecular formula is C14H17ClN2O2S2. The van der Waals surface area contributed by atoms with Crippen LogP contribution >= 0.6 is 22.9 Å². The van der Waals surface area contributed by atoms with Gasteiger partial charge in [0.1, 0.15) is 4.90 Å². The van der Waals surface area contributed by atoms with Gasteiger partial charge in [0, 0.05) is 26.5 Å². The first-order valence-corrected chi connectivity index (χ1v) is 9.64. The molecule has 0 saturated heterocycles. The summed E-state index contributed by atoms with van der Waals surface area (Å²) in [4.78, 5) is 0.313. The van der Waals surface area contributed by atoms with E-state index in [-0.39, 0.29) is 12.0 Å². The van der Waals surface area contributed by atoms with Crippen LogP contribution in [0.2, 0.25) is 5.02 Å². The third-order valence-corrected chi connectivity index (χ3v) is 6.94. The predicted molar refractivity (Wildman–Crippen MR) is 87.3 cm³/mol. The molecule has 1 fully saturated rings. The Labute approximate surface area is 133 Å². The van der Waals surface area contributed by atoms with Crippen molar-refractivity contribution in [3.05, 3.63) is 28.6 Å². The molecule has 0 bridgehead atoms. The highest BCUT2D eigenvalue weighted by molar-refractivity contribution is 7.90. The van der Waals surface area contributed by atoms with E-state index in [0.29, 0.717) is 21.8 Å². The first-order valence-electron chi connectivity index (χ1n) is 6.90. The molecule has 0 radical (unpaired) electrons. The molecule has 0 amide bonds. The molecule has 21 heavy (non-hydrogen) atoms. The quantitative estimate of drug-likeness (QED) is 0.895. The van der Waals surface area contributed by atoms with Gasteiger partial charge in [0.25, 0.3) is 0 Å². The van der Waals surface area contributed by atoms with Crippen LogP contribution in [0.1, 0.15) is 19.3 Å². The molecule has 4 nitrogen and oxygen atoms in total. The summed E-state index contributed by atoms with van der Waals surface area (Å²) in [5.74, 6) is 0.230. The molecule has 2 aromatic rings. The first kappa shape index (κ1) is 15.2. The lowest BCUT2D eigenvalue weighted by Gasteiger charge is -2.19. The molecule has 1 aromatic heterocycles. The molecule has 1 aromatic carbocycles. The number of thiophene rings is 1. The fourth-order valence-corrected chi connectivity index (χ4v) is 5.91. The lowest BCUT2D eigenvalue weighted by molar-refractivity contribution is 0.453. The van der Waals surface area contributed by atoms with Gasteiger partial charge in [0.2, 0.25) is 10.0 Å². The van der Waals surface area contributed by atoms with Gasteiger partial charge in [0.15, 0.2) is 0 Å². The van der Waals surface area contributed by atoms with Crippen molar-refractivity contribution in [2.75, 3.05) is 6.54 Å². The predicted octanol–water partition coefficient (Wildman–Crippen LogP) is 2.96. The zero-order chi connectivity index (χ0) is 15.0. The SMILES string of the molecule is NCC1CCCC1NS(=O)(=O)c1csc2ccc(Cl)cc12. The second kappa shape index (κ2) is 5.85. The lowest BCUT2D eigenvalue weighted by atomic mass is 10.1. The van der Waals surface area contributed by atoms with Crippen LogP contribution < -0.4 is 10.5 Å². The molecule has 1 aliphatic carbocycles. The number of rotatable bonds is 4. The Balaban J connectivity index is 1.95. The van der Waals surface area contributed by atoms with E-state index >= 15 is 0 Å². The average molecular weight is 345 g/mol. The molecule has 1 aliphatic rings. The maximum Gasteiger partial charge on any atom is 0.242 e. The minimum absolute atomic E-state index is 0.0610. The molecule has 1 heterocycles. The van der Waals surface area contributed by atoms with Crippen LogP contribution in [0.4, 0.5) is 0 Å². The van der Waals surface area contributed by atoms with Gasteiger partial charge in [-0.15, -0.1) is 11.3 Å². The van der Waals surface area contributed by atoms with Crippen LogP contribution in [0, 0.1) is 5.92 Å². The topological polar surface area (TPSA) is 72.2 Å². The van der Waals surface area contributed by atoms with E-state index in [9.17, 15) is 8.42 Å². The minimum Gasteiger partial charge on any atom is -0.330 e. The smallest absolute Gasteiger partial charge is 0.242 e. The maximum absolute atomic E-state index is 12.6. The fraction of sp³-hybridized carbons (Fsp3) is 0.429. The second-order valence-corrected chi connectivity index (χ2v) is 8.42. The van der Waals surface area contributed by atoms with Gasteiger partial charge in [-0.3, -0.25) is 0 Å². The Morgan fingerprint density at radius 1 is 1.38 bits per heavy atom. The summed E-state index contributed by atoms with van der Waals surface area (Å²) in [5.41, 5.74) is 5.72. The minimum atomic E-state index is -3.54. The summed E-state index contributed by atoms with van der Waals surface area (Å²) in [7, 11) is -3.54. The summed E-state index contributed by atoms with van der Waals surface area (Å²) in [6.45, 7) is 0.517. The van der Waals surface area contributed by atoms with Crippen molar-refractivity contribution in [2.24, 2.45) is 11.7 Å². The van der Waals surface area contributed by atoms with Crippen molar-refractivity contribution >= 4 is 43.0 Å². The zero-order valence-corrected chi connectivity index (χ0v) is 13.8. The van der Waals surface area contributed by atoms with E-state index in [1.165, 1.54) is 11.3 Å². The van der Waals surface area contributed by atoms with Gasteiger partial charge in [-0.2, -0.15) is 0 Å². The molecule has 7 heteroatoms. The monoisotopic (exact) mass is 344 g/mol. The highest BCUT2D eigenvalue weighted by Crippen LogP contribution is 2.33. The largest absolute Gasteiger partial charge is 0.330 e. The molecule has 0 spiro atoms. The number of benzene rings is 1. The summed E-state index contributed by atoms with van der Waals surface area (Å²) in [6, 6.07) is 5.26. The average Bonchev–Trinajstić information content (AvgIpc) is 3.04. The standard InChI is InChI=1S/C14H17ClN2O2S2/c15-10-4-5-13-11(6-10)14(8-20-13)21(18,19)17-12-3-1-2-9(12)7-16/h4-6,8-9,12,17H,1-3,7,16H2. The van der Waals surface area contributed by atoms with E-state index in [1.54, 1.807) is 17.5 Å². The van der Waals surface area contributed by atoms with E-state index in [4.69, 9.17) is 17.3 Å². The summed E-state index contributed by atoms with van der Waals surface area (Å²) in [6.07, 6.45) is 2.86. The molecule has 114 valence electrons. The van der Waals surface area contributed by atoms with Gasteiger partial charge in [-0.05, 0) is 43.5 Å². The van der Waals surface area contributed by atoms with E-state index < -0.39 is 10.0 Å². The molecule has 3 N–H and O–H groups in total. The maximum atomic E-state index is 12.6. The zero-order valence-electron chi connectivity index (χ0n) is 11.4. The number of fused-ring (bicyclic) bond motifs is 1. The highest BCUT2D eigenvalue weighted by atomic mass is 35.5. The van der Waals surface area contributed by atoms with Gasteiger partial charge < -0.3 is 5.73 Å². The van der Waals surface area contributed by atoms with Gasteiger partial charge in [0.05, 0.1) is 0 Å².